The van der Waals surface area contributed by atoms with Crippen LogP contribution in [0.15, 0.2) is 18.2 Å². The van der Waals surface area contributed by atoms with E-state index in [0.29, 0.717) is 6.42 Å². The summed E-state index contributed by atoms with van der Waals surface area (Å²) in [7, 11) is 0. The van der Waals surface area contributed by atoms with Gasteiger partial charge in [0.15, 0.2) is 0 Å². The number of benzene rings is 1. The lowest BCUT2D eigenvalue weighted by Gasteiger charge is -2.07. The molecule has 0 saturated carbocycles. The standard InChI is InChI=1S/C13H18N2/c1-11-6-7-13(10-12(11)2)15-9-5-3-4-8-14/h6-7,10,15H,3-5,9H2,1-2H3. The largest absolute Gasteiger partial charge is 0.385 e. The van der Waals surface area contributed by atoms with E-state index in [4.69, 9.17) is 5.26 Å². The Kier molecular flexibility index (Phi) is 4.70. The van der Waals surface area contributed by atoms with Gasteiger partial charge in [-0.25, -0.2) is 0 Å². The normalized spacial score (nSPS) is 9.67. The number of nitriles is 1. The second-order valence-corrected chi connectivity index (χ2v) is 3.84. The Morgan fingerprint density at radius 3 is 2.67 bits per heavy atom. The molecule has 0 aliphatic heterocycles. The fourth-order valence-electron chi connectivity index (χ4n) is 1.41. The Morgan fingerprint density at radius 1 is 1.20 bits per heavy atom. The van der Waals surface area contributed by atoms with Gasteiger partial charge in [-0.15, -0.1) is 0 Å². The molecule has 15 heavy (non-hydrogen) atoms. The minimum Gasteiger partial charge on any atom is -0.385 e. The van der Waals surface area contributed by atoms with Gasteiger partial charge in [0.05, 0.1) is 6.07 Å². The molecule has 0 saturated heterocycles. The molecule has 0 heterocycles. The van der Waals surface area contributed by atoms with Crippen LogP contribution in [0.5, 0.6) is 0 Å². The predicted molar refractivity (Wildman–Crippen MR) is 63.9 cm³/mol. The van der Waals surface area contributed by atoms with E-state index in [0.717, 1.165) is 19.4 Å². The quantitative estimate of drug-likeness (QED) is 0.743. The molecule has 0 aliphatic carbocycles. The zero-order chi connectivity index (χ0) is 11.1. The smallest absolute Gasteiger partial charge is 0.0621 e. The van der Waals surface area contributed by atoms with Crippen LogP contribution >= 0.6 is 0 Å². The highest BCUT2D eigenvalue weighted by molar-refractivity contribution is 5.47. The molecule has 80 valence electrons. The SMILES string of the molecule is Cc1ccc(NCCCCC#N)cc1C. The van der Waals surface area contributed by atoms with Crippen LogP contribution in [0.3, 0.4) is 0 Å². The van der Waals surface area contributed by atoms with Crippen LogP contribution in [0, 0.1) is 25.2 Å². The molecule has 1 aromatic carbocycles. The van der Waals surface area contributed by atoms with Gasteiger partial charge in [0.1, 0.15) is 0 Å². The van der Waals surface area contributed by atoms with E-state index < -0.39 is 0 Å². The van der Waals surface area contributed by atoms with Crippen molar-refractivity contribution in [2.24, 2.45) is 0 Å². The average Bonchev–Trinajstić information content (AvgIpc) is 2.23. The highest BCUT2D eigenvalue weighted by Gasteiger charge is 1.95. The fraction of sp³-hybridized carbons (Fsp3) is 0.462. The van der Waals surface area contributed by atoms with Crippen LogP contribution in [-0.2, 0) is 0 Å². The van der Waals surface area contributed by atoms with Crippen LogP contribution in [0.2, 0.25) is 0 Å². The van der Waals surface area contributed by atoms with Gasteiger partial charge in [-0.05, 0) is 49.9 Å². The summed E-state index contributed by atoms with van der Waals surface area (Å²) < 4.78 is 0. The van der Waals surface area contributed by atoms with Crippen molar-refractivity contribution in [1.82, 2.24) is 0 Å². The zero-order valence-corrected chi connectivity index (χ0v) is 9.51. The number of aryl methyl sites for hydroxylation is 2. The van der Waals surface area contributed by atoms with Gasteiger partial charge in [-0.2, -0.15) is 5.26 Å². The number of rotatable bonds is 5. The molecule has 0 aromatic heterocycles. The minimum atomic E-state index is 0.661. The number of nitrogens with zero attached hydrogens (tertiary/aromatic N) is 1. The molecule has 2 heteroatoms. The van der Waals surface area contributed by atoms with Crippen molar-refractivity contribution in [2.45, 2.75) is 33.1 Å². The minimum absolute atomic E-state index is 0.661. The summed E-state index contributed by atoms with van der Waals surface area (Å²) in [5, 5.41) is 11.7. The summed E-state index contributed by atoms with van der Waals surface area (Å²) in [5.74, 6) is 0. The van der Waals surface area contributed by atoms with Gasteiger partial charge >= 0.3 is 0 Å². The fourth-order valence-corrected chi connectivity index (χ4v) is 1.41. The van der Waals surface area contributed by atoms with Crippen LogP contribution in [0.4, 0.5) is 5.69 Å². The lowest BCUT2D eigenvalue weighted by atomic mass is 10.1. The molecule has 0 amide bonds. The molecular weight excluding hydrogens is 184 g/mol. The summed E-state index contributed by atoms with van der Waals surface area (Å²) in [4.78, 5) is 0. The van der Waals surface area contributed by atoms with E-state index in [1.54, 1.807) is 0 Å². The number of nitrogens with one attached hydrogen (secondary N) is 1. The molecule has 0 aliphatic rings. The molecule has 0 fully saturated rings. The summed E-state index contributed by atoms with van der Waals surface area (Å²) in [6.07, 6.45) is 2.70. The second-order valence-electron chi connectivity index (χ2n) is 3.84. The maximum Gasteiger partial charge on any atom is 0.0621 e. The molecule has 0 radical (unpaired) electrons. The van der Waals surface area contributed by atoms with Crippen LogP contribution in [0.25, 0.3) is 0 Å². The van der Waals surface area contributed by atoms with Crippen LogP contribution in [-0.4, -0.2) is 6.54 Å². The second kappa shape index (κ2) is 6.08. The summed E-state index contributed by atoms with van der Waals surface area (Å²) in [6, 6.07) is 8.56. The Hall–Kier alpha value is -1.49. The monoisotopic (exact) mass is 202 g/mol. The molecule has 1 rings (SSSR count). The lowest BCUT2D eigenvalue weighted by molar-refractivity contribution is 0.784. The van der Waals surface area contributed by atoms with E-state index in [1.807, 2.05) is 0 Å². The van der Waals surface area contributed by atoms with Crippen molar-refractivity contribution in [1.29, 1.82) is 5.26 Å². The molecule has 1 aromatic rings. The van der Waals surface area contributed by atoms with E-state index in [-0.39, 0.29) is 0 Å². The van der Waals surface area contributed by atoms with E-state index in [2.05, 4.69) is 43.4 Å². The summed E-state index contributed by atoms with van der Waals surface area (Å²) in [5.41, 5.74) is 3.82. The third-order valence-electron chi connectivity index (χ3n) is 2.55. The Bertz CT molecular complexity index is 350. The highest BCUT2D eigenvalue weighted by atomic mass is 14.9. The molecule has 2 nitrogen and oxygen atoms in total. The average molecular weight is 202 g/mol. The van der Waals surface area contributed by atoms with E-state index in [1.165, 1.54) is 16.8 Å². The summed E-state index contributed by atoms with van der Waals surface area (Å²) >= 11 is 0. The van der Waals surface area contributed by atoms with Gasteiger partial charge in [-0.3, -0.25) is 0 Å². The third-order valence-corrected chi connectivity index (χ3v) is 2.55. The van der Waals surface area contributed by atoms with Crippen molar-refractivity contribution in [3.05, 3.63) is 29.3 Å². The van der Waals surface area contributed by atoms with Gasteiger partial charge in [0.2, 0.25) is 0 Å². The Labute approximate surface area is 91.9 Å². The van der Waals surface area contributed by atoms with Crippen LogP contribution in [0.1, 0.15) is 30.4 Å². The third kappa shape index (κ3) is 4.03. The first-order chi connectivity index (χ1) is 7.24. The van der Waals surface area contributed by atoms with Crippen molar-refractivity contribution in [3.8, 4) is 6.07 Å². The van der Waals surface area contributed by atoms with Crippen molar-refractivity contribution < 1.29 is 0 Å². The Morgan fingerprint density at radius 2 is 2.00 bits per heavy atom. The lowest BCUT2D eigenvalue weighted by Crippen LogP contribution is -2.01. The molecule has 0 bridgehead atoms. The summed E-state index contributed by atoms with van der Waals surface area (Å²) in [6.45, 7) is 5.19. The molecular formula is C13H18N2. The first-order valence-corrected chi connectivity index (χ1v) is 5.42. The van der Waals surface area contributed by atoms with Crippen molar-refractivity contribution in [2.75, 3.05) is 11.9 Å². The van der Waals surface area contributed by atoms with Crippen molar-refractivity contribution >= 4 is 5.69 Å². The number of anilines is 1. The number of unbranched alkanes of at least 4 members (excludes halogenated alkanes) is 2. The van der Waals surface area contributed by atoms with E-state index in [9.17, 15) is 0 Å². The maximum atomic E-state index is 8.38. The maximum absolute atomic E-state index is 8.38. The molecule has 0 spiro atoms. The highest BCUT2D eigenvalue weighted by Crippen LogP contribution is 2.14. The Balaban J connectivity index is 2.32. The van der Waals surface area contributed by atoms with Gasteiger partial charge in [0.25, 0.3) is 0 Å². The van der Waals surface area contributed by atoms with E-state index >= 15 is 0 Å². The molecule has 1 N–H and O–H groups in total. The predicted octanol–water partition coefficient (Wildman–Crippen LogP) is 3.41. The topological polar surface area (TPSA) is 35.8 Å². The first-order valence-electron chi connectivity index (χ1n) is 5.42. The number of hydrogen-bond donors (Lipinski definition) is 1. The number of hydrogen-bond acceptors (Lipinski definition) is 2. The van der Waals surface area contributed by atoms with Crippen LogP contribution < -0.4 is 5.32 Å². The van der Waals surface area contributed by atoms with Crippen molar-refractivity contribution in [3.63, 3.8) is 0 Å². The van der Waals surface area contributed by atoms with Gasteiger partial charge in [-0.1, -0.05) is 6.07 Å². The first kappa shape index (κ1) is 11.6. The molecule has 0 atom stereocenters. The van der Waals surface area contributed by atoms with Gasteiger partial charge < -0.3 is 5.32 Å². The zero-order valence-electron chi connectivity index (χ0n) is 9.51. The van der Waals surface area contributed by atoms with Gasteiger partial charge in [0, 0.05) is 18.7 Å². The molecule has 0 unspecified atom stereocenters.